The molecule has 1 aromatic heterocycles. The van der Waals surface area contributed by atoms with Crippen LogP contribution in [0.4, 0.5) is 0 Å². The summed E-state index contributed by atoms with van der Waals surface area (Å²) >= 11 is 0. The molecule has 0 atom stereocenters. The van der Waals surface area contributed by atoms with Crippen molar-refractivity contribution in [3.8, 4) is 0 Å². The van der Waals surface area contributed by atoms with Crippen LogP contribution >= 0.6 is 0 Å². The molecule has 0 bridgehead atoms. The van der Waals surface area contributed by atoms with Crippen LogP contribution in [0.5, 0.6) is 0 Å². The molecule has 0 unspecified atom stereocenters. The van der Waals surface area contributed by atoms with Gasteiger partial charge in [-0.2, -0.15) is 0 Å². The number of likely N-dealkylation sites (tertiary alicyclic amines) is 1. The van der Waals surface area contributed by atoms with Gasteiger partial charge in [0.15, 0.2) is 5.76 Å². The Balaban J connectivity index is 1.69. The van der Waals surface area contributed by atoms with E-state index >= 15 is 0 Å². The van der Waals surface area contributed by atoms with Crippen molar-refractivity contribution < 1.29 is 9.21 Å². The van der Waals surface area contributed by atoms with E-state index in [1.807, 2.05) is 30.3 Å². The number of para-hydroxylation sites is 1. The minimum absolute atomic E-state index is 0.0919. The van der Waals surface area contributed by atoms with E-state index < -0.39 is 0 Å². The van der Waals surface area contributed by atoms with Gasteiger partial charge in [0.25, 0.3) is 0 Å². The minimum atomic E-state index is 0.0919. The second-order valence-electron chi connectivity index (χ2n) is 6.24. The molecule has 1 aromatic carbocycles. The van der Waals surface area contributed by atoms with E-state index in [4.69, 9.17) is 4.42 Å². The topological polar surface area (TPSA) is 33.5 Å². The number of rotatable bonds is 5. The highest BCUT2D eigenvalue weighted by molar-refractivity contribution is 5.98. The summed E-state index contributed by atoms with van der Waals surface area (Å²) in [6.07, 6.45) is 3.59. The molecule has 0 amide bonds. The van der Waals surface area contributed by atoms with Crippen molar-refractivity contribution >= 4 is 16.8 Å². The number of fused-ring (bicyclic) bond motifs is 1. The second-order valence-corrected chi connectivity index (χ2v) is 6.24. The third-order valence-corrected chi connectivity index (χ3v) is 5.08. The van der Waals surface area contributed by atoms with Crippen LogP contribution in [0, 0.1) is 5.41 Å². The van der Waals surface area contributed by atoms with Crippen LogP contribution in [-0.2, 0) is 0 Å². The van der Waals surface area contributed by atoms with Gasteiger partial charge in [0.1, 0.15) is 5.58 Å². The van der Waals surface area contributed by atoms with E-state index in [1.165, 1.54) is 19.3 Å². The van der Waals surface area contributed by atoms with Crippen molar-refractivity contribution in [2.75, 3.05) is 19.6 Å². The third kappa shape index (κ3) is 2.75. The molecule has 112 valence electrons. The lowest BCUT2D eigenvalue weighted by Gasteiger charge is -2.26. The van der Waals surface area contributed by atoms with Gasteiger partial charge < -0.3 is 4.42 Å². The number of hydrogen-bond donors (Lipinski definition) is 0. The summed E-state index contributed by atoms with van der Waals surface area (Å²) in [5, 5.41) is 0.999. The zero-order valence-corrected chi connectivity index (χ0v) is 12.9. The van der Waals surface area contributed by atoms with Crippen LogP contribution in [0.2, 0.25) is 0 Å². The van der Waals surface area contributed by atoms with Gasteiger partial charge in [0.2, 0.25) is 5.78 Å². The molecule has 0 N–H and O–H groups in total. The fourth-order valence-electron chi connectivity index (χ4n) is 3.39. The minimum Gasteiger partial charge on any atom is -0.453 e. The zero-order chi connectivity index (χ0) is 14.9. The first-order valence-electron chi connectivity index (χ1n) is 7.90. The van der Waals surface area contributed by atoms with Crippen molar-refractivity contribution in [2.45, 2.75) is 33.1 Å². The number of hydrogen-bond acceptors (Lipinski definition) is 3. The predicted octanol–water partition coefficient (Wildman–Crippen LogP) is 4.13. The number of nitrogens with zero attached hydrogens (tertiary/aromatic N) is 1. The number of furan rings is 1. The summed E-state index contributed by atoms with van der Waals surface area (Å²) < 4.78 is 5.67. The molecule has 0 saturated carbocycles. The monoisotopic (exact) mass is 285 g/mol. The fraction of sp³-hybridized carbons (Fsp3) is 0.500. The van der Waals surface area contributed by atoms with E-state index in [-0.39, 0.29) is 5.78 Å². The molecule has 2 aromatic rings. The summed E-state index contributed by atoms with van der Waals surface area (Å²) in [7, 11) is 0. The van der Waals surface area contributed by atoms with Crippen LogP contribution in [0.3, 0.4) is 0 Å². The summed E-state index contributed by atoms with van der Waals surface area (Å²) in [6.45, 7) is 7.04. The molecule has 1 fully saturated rings. The van der Waals surface area contributed by atoms with Crippen molar-refractivity contribution in [1.29, 1.82) is 0 Å². The Morgan fingerprint density at radius 1 is 1.29 bits per heavy atom. The summed E-state index contributed by atoms with van der Waals surface area (Å²) in [6, 6.07) is 9.63. The lowest BCUT2D eigenvalue weighted by molar-refractivity contribution is 0.0911. The Morgan fingerprint density at radius 3 is 2.71 bits per heavy atom. The number of ketones is 1. The maximum atomic E-state index is 12.4. The van der Waals surface area contributed by atoms with E-state index in [9.17, 15) is 4.79 Å². The normalized spacial score (nSPS) is 18.4. The Hall–Kier alpha value is -1.61. The van der Waals surface area contributed by atoms with Crippen molar-refractivity contribution in [1.82, 2.24) is 4.90 Å². The van der Waals surface area contributed by atoms with Gasteiger partial charge in [-0.25, -0.2) is 0 Å². The quantitative estimate of drug-likeness (QED) is 0.775. The van der Waals surface area contributed by atoms with Gasteiger partial charge in [0, 0.05) is 11.9 Å². The van der Waals surface area contributed by atoms with Gasteiger partial charge in [-0.15, -0.1) is 0 Å². The molecule has 2 heterocycles. The van der Waals surface area contributed by atoms with Gasteiger partial charge >= 0.3 is 0 Å². The Morgan fingerprint density at radius 2 is 2.05 bits per heavy atom. The average Bonchev–Trinajstić information content (AvgIpc) is 3.11. The number of carbonyl (C=O) groups is 1. The second kappa shape index (κ2) is 5.64. The smallest absolute Gasteiger partial charge is 0.211 e. The largest absolute Gasteiger partial charge is 0.453 e. The Bertz CT molecular complexity index is 606. The first kappa shape index (κ1) is 14.3. The molecule has 21 heavy (non-hydrogen) atoms. The lowest BCUT2D eigenvalue weighted by atomic mass is 9.82. The Labute approximate surface area is 125 Å². The molecule has 0 radical (unpaired) electrons. The number of Topliss-reactive ketones (excluding diaryl/α,β-unsaturated/α-hetero) is 1. The van der Waals surface area contributed by atoms with E-state index in [1.54, 1.807) is 0 Å². The highest BCUT2D eigenvalue weighted by atomic mass is 16.3. The van der Waals surface area contributed by atoms with Crippen molar-refractivity contribution in [2.24, 2.45) is 5.41 Å². The number of benzene rings is 1. The van der Waals surface area contributed by atoms with Gasteiger partial charge in [-0.3, -0.25) is 9.69 Å². The summed E-state index contributed by atoms with van der Waals surface area (Å²) in [4.78, 5) is 14.7. The average molecular weight is 285 g/mol. The molecule has 1 aliphatic rings. The molecule has 3 heteroatoms. The lowest BCUT2D eigenvalue weighted by Crippen LogP contribution is -2.30. The number of carbonyl (C=O) groups excluding carboxylic acids is 1. The Kier molecular flexibility index (Phi) is 3.85. The van der Waals surface area contributed by atoms with Crippen LogP contribution < -0.4 is 0 Å². The van der Waals surface area contributed by atoms with Crippen molar-refractivity contribution in [3.63, 3.8) is 0 Å². The van der Waals surface area contributed by atoms with E-state index in [0.29, 0.717) is 17.7 Å². The highest BCUT2D eigenvalue weighted by Gasteiger charge is 2.35. The molecule has 1 saturated heterocycles. The van der Waals surface area contributed by atoms with Gasteiger partial charge in [0.05, 0.1) is 6.54 Å². The molecule has 0 aliphatic carbocycles. The molecular weight excluding hydrogens is 262 g/mol. The van der Waals surface area contributed by atoms with Gasteiger partial charge in [-0.1, -0.05) is 32.0 Å². The maximum Gasteiger partial charge on any atom is 0.211 e. The van der Waals surface area contributed by atoms with Crippen LogP contribution in [0.1, 0.15) is 43.7 Å². The fourth-order valence-corrected chi connectivity index (χ4v) is 3.39. The van der Waals surface area contributed by atoms with E-state index in [2.05, 4.69) is 18.7 Å². The van der Waals surface area contributed by atoms with Crippen LogP contribution in [-0.4, -0.2) is 30.3 Å². The molecular formula is C18H23NO2. The van der Waals surface area contributed by atoms with Crippen LogP contribution in [0.15, 0.2) is 34.7 Å². The molecule has 3 rings (SSSR count). The summed E-state index contributed by atoms with van der Waals surface area (Å²) in [5.41, 5.74) is 1.20. The first-order chi connectivity index (χ1) is 10.2. The molecule has 0 spiro atoms. The van der Waals surface area contributed by atoms with Crippen molar-refractivity contribution in [3.05, 3.63) is 36.1 Å². The highest BCUT2D eigenvalue weighted by Crippen LogP contribution is 2.36. The maximum absolute atomic E-state index is 12.4. The first-order valence-corrected chi connectivity index (χ1v) is 7.90. The summed E-state index contributed by atoms with van der Waals surface area (Å²) in [5.74, 6) is 0.580. The van der Waals surface area contributed by atoms with E-state index in [0.717, 1.165) is 24.1 Å². The molecule has 1 aliphatic heterocycles. The zero-order valence-electron chi connectivity index (χ0n) is 12.9. The predicted molar refractivity (Wildman–Crippen MR) is 84.6 cm³/mol. The molecule has 3 nitrogen and oxygen atoms in total. The van der Waals surface area contributed by atoms with Crippen LogP contribution in [0.25, 0.3) is 11.0 Å². The third-order valence-electron chi connectivity index (χ3n) is 5.08. The standard InChI is InChI=1S/C18H23NO2/c1-3-18(4-2)9-10-19(13-18)12-15(20)17-11-14-7-5-6-8-16(14)21-17/h5-8,11H,3-4,9-10,12-13H2,1-2H3. The van der Waals surface area contributed by atoms with Gasteiger partial charge in [-0.05, 0) is 43.4 Å². The SMILES string of the molecule is CCC1(CC)CCN(CC(=O)c2cc3ccccc3o2)C1.